The Morgan fingerprint density at radius 3 is 2.62 bits per heavy atom. The van der Waals surface area contributed by atoms with Crippen molar-refractivity contribution in [2.24, 2.45) is 0 Å². The van der Waals surface area contributed by atoms with E-state index in [1.54, 1.807) is 21.7 Å². The third-order valence-electron chi connectivity index (χ3n) is 7.87. The highest BCUT2D eigenvalue weighted by Crippen LogP contribution is 2.37. The minimum absolute atomic E-state index is 0.0507. The number of nitrogens with zero attached hydrogens (tertiary/aromatic N) is 6. The van der Waals surface area contributed by atoms with E-state index in [1.807, 2.05) is 57.2 Å². The summed E-state index contributed by atoms with van der Waals surface area (Å²) < 4.78 is 1.57. The van der Waals surface area contributed by atoms with Crippen LogP contribution in [0.25, 0.3) is 34.1 Å². The van der Waals surface area contributed by atoms with Crippen molar-refractivity contribution in [2.45, 2.75) is 46.1 Å². The molecule has 1 atom stereocenters. The van der Waals surface area contributed by atoms with E-state index in [-0.39, 0.29) is 17.9 Å². The fourth-order valence-electron chi connectivity index (χ4n) is 5.70. The van der Waals surface area contributed by atoms with E-state index in [4.69, 9.17) is 16.6 Å². The Hall–Kier alpha value is -4.30. The number of carbonyl (C=O) groups is 1. The number of carbonyl (C=O) groups excluding carboxylic acids is 1. The maximum Gasteiger partial charge on any atom is 0.355 e. The highest BCUT2D eigenvalue weighted by atomic mass is 35.5. The first-order chi connectivity index (χ1) is 20.2. The van der Waals surface area contributed by atoms with Gasteiger partial charge in [-0.15, -0.1) is 0 Å². The van der Waals surface area contributed by atoms with Crippen molar-refractivity contribution in [1.82, 2.24) is 24.4 Å². The van der Waals surface area contributed by atoms with E-state index in [1.165, 1.54) is 6.08 Å². The number of aryl methyl sites for hydroxylation is 1. The van der Waals surface area contributed by atoms with Crippen molar-refractivity contribution in [1.29, 1.82) is 0 Å². The van der Waals surface area contributed by atoms with Gasteiger partial charge in [-0.3, -0.25) is 9.78 Å². The second kappa shape index (κ2) is 11.9. The lowest BCUT2D eigenvalue weighted by molar-refractivity contribution is -0.126. The van der Waals surface area contributed by atoms with Crippen molar-refractivity contribution in [3.63, 3.8) is 0 Å². The van der Waals surface area contributed by atoms with Gasteiger partial charge in [0.2, 0.25) is 5.91 Å². The van der Waals surface area contributed by atoms with Gasteiger partial charge in [0.15, 0.2) is 5.65 Å². The van der Waals surface area contributed by atoms with Crippen LogP contribution < -0.4 is 10.6 Å². The summed E-state index contributed by atoms with van der Waals surface area (Å²) in [6.07, 6.45) is 5.61. The predicted molar refractivity (Wildman–Crippen MR) is 170 cm³/mol. The average molecular weight is 583 g/mol. The zero-order chi connectivity index (χ0) is 30.1. The van der Waals surface area contributed by atoms with Gasteiger partial charge in [0, 0.05) is 37.4 Å². The second-order valence-electron chi connectivity index (χ2n) is 10.8. The van der Waals surface area contributed by atoms with Crippen molar-refractivity contribution >= 4 is 40.4 Å². The molecule has 0 aliphatic carbocycles. The number of fused-ring (bicyclic) bond motifs is 1. The molecule has 0 spiro atoms. The molecule has 1 saturated heterocycles. The van der Waals surface area contributed by atoms with Gasteiger partial charge in [0.1, 0.15) is 5.82 Å². The maximum absolute atomic E-state index is 14.1. The van der Waals surface area contributed by atoms with E-state index in [0.29, 0.717) is 52.9 Å². The first-order valence-electron chi connectivity index (χ1n) is 14.2. The second-order valence-corrected chi connectivity index (χ2v) is 11.2. The molecular weight excluding hydrogens is 548 g/mol. The Morgan fingerprint density at radius 2 is 1.93 bits per heavy atom. The molecule has 5 rings (SSSR count). The van der Waals surface area contributed by atoms with Crippen molar-refractivity contribution in [3.8, 4) is 16.9 Å². The smallest absolute Gasteiger partial charge is 0.349 e. The van der Waals surface area contributed by atoms with Crippen LogP contribution in [0.2, 0.25) is 5.02 Å². The molecule has 8 nitrogen and oxygen atoms in total. The molecule has 42 heavy (non-hydrogen) atoms. The van der Waals surface area contributed by atoms with Crippen LogP contribution in [0, 0.1) is 6.92 Å². The predicted octanol–water partition coefficient (Wildman–Crippen LogP) is 6.18. The number of anilines is 1. The van der Waals surface area contributed by atoms with E-state index in [2.05, 4.69) is 34.9 Å². The molecule has 1 aliphatic heterocycles. The number of hydrogen-bond acceptors (Lipinski definition) is 6. The number of aromatic nitrogens is 4. The highest BCUT2D eigenvalue weighted by Gasteiger charge is 2.31. The van der Waals surface area contributed by atoms with Crippen molar-refractivity contribution in [3.05, 3.63) is 94.2 Å². The molecule has 4 aromatic rings. The van der Waals surface area contributed by atoms with Crippen LogP contribution >= 0.6 is 11.6 Å². The van der Waals surface area contributed by atoms with E-state index >= 15 is 0 Å². The quantitative estimate of drug-likeness (QED) is 0.242. The molecule has 0 bridgehead atoms. The van der Waals surface area contributed by atoms with Gasteiger partial charge in [-0.05, 0) is 48.6 Å². The Labute approximate surface area is 251 Å². The molecular formula is C33H35ClN6O2. The molecule has 9 heteroatoms. The molecule has 1 fully saturated rings. The number of pyridine rings is 2. The molecule has 1 aliphatic rings. The largest absolute Gasteiger partial charge is 0.355 e. The Morgan fingerprint density at radius 1 is 1.17 bits per heavy atom. The number of halogens is 1. The Bertz CT molecular complexity index is 1760. The fourth-order valence-corrected chi connectivity index (χ4v) is 5.96. The SMILES string of the molecule is C=CC(=O)N1CCN(c2nc(=O)n(-c3c(C)ccnc3C(C)C)c3nc(-c4ccccc4C=C)c(Cl)cc23)[C@@H](CC)C1. The number of piperazine rings is 1. The van der Waals surface area contributed by atoms with Crippen LogP contribution in [0.1, 0.15) is 49.9 Å². The molecule has 1 amide bonds. The van der Waals surface area contributed by atoms with Gasteiger partial charge < -0.3 is 9.80 Å². The van der Waals surface area contributed by atoms with Crippen LogP contribution in [0.3, 0.4) is 0 Å². The normalized spacial score (nSPS) is 15.3. The third-order valence-corrected chi connectivity index (χ3v) is 8.16. The maximum atomic E-state index is 14.1. The molecule has 1 aromatic carbocycles. The summed E-state index contributed by atoms with van der Waals surface area (Å²) in [7, 11) is 0. The third kappa shape index (κ3) is 5.11. The lowest BCUT2D eigenvalue weighted by Crippen LogP contribution is -2.55. The van der Waals surface area contributed by atoms with Crippen LogP contribution in [0.15, 0.2) is 66.6 Å². The van der Waals surface area contributed by atoms with Crippen LogP contribution in [-0.4, -0.2) is 56.0 Å². The summed E-state index contributed by atoms with van der Waals surface area (Å²) in [5.74, 6) is 0.453. The van der Waals surface area contributed by atoms with E-state index in [9.17, 15) is 9.59 Å². The number of hydrogen-bond donors (Lipinski definition) is 0. The Kier molecular flexibility index (Phi) is 8.27. The van der Waals surface area contributed by atoms with Gasteiger partial charge in [0.25, 0.3) is 0 Å². The van der Waals surface area contributed by atoms with Crippen molar-refractivity contribution < 1.29 is 4.79 Å². The van der Waals surface area contributed by atoms with Crippen LogP contribution in [0.5, 0.6) is 0 Å². The van der Waals surface area contributed by atoms with Gasteiger partial charge >= 0.3 is 5.69 Å². The van der Waals surface area contributed by atoms with Crippen LogP contribution in [-0.2, 0) is 4.79 Å². The topological polar surface area (TPSA) is 84.2 Å². The molecule has 3 aromatic heterocycles. The average Bonchev–Trinajstić information content (AvgIpc) is 3.00. The van der Waals surface area contributed by atoms with Gasteiger partial charge in [-0.25, -0.2) is 14.3 Å². The lowest BCUT2D eigenvalue weighted by atomic mass is 10.0. The van der Waals surface area contributed by atoms with E-state index < -0.39 is 5.69 Å². The summed E-state index contributed by atoms with van der Waals surface area (Å²) in [5.41, 5.74) is 4.57. The summed E-state index contributed by atoms with van der Waals surface area (Å²) in [6.45, 7) is 17.2. The van der Waals surface area contributed by atoms with Gasteiger partial charge in [-0.1, -0.05) is 75.9 Å². The molecule has 4 heterocycles. The number of benzene rings is 1. The van der Waals surface area contributed by atoms with Gasteiger partial charge in [0.05, 0.1) is 27.5 Å². The zero-order valence-electron chi connectivity index (χ0n) is 24.5. The van der Waals surface area contributed by atoms with Crippen molar-refractivity contribution in [2.75, 3.05) is 24.5 Å². The summed E-state index contributed by atoms with van der Waals surface area (Å²) in [6, 6.07) is 11.4. The standard InChI is InChI=1S/C33H35ClN6O2/c1-7-22-12-10-11-13-24(22)29-26(34)18-25-31(39-17-16-38(27(41)9-3)19-23(39)8-2)37-33(42)40(32(25)36-29)30-21(6)14-15-35-28(30)20(4)5/h7,9-15,18,20,23H,1,3,8,16-17,19H2,2,4-6H3/t23-/m0/s1. The number of amides is 1. The summed E-state index contributed by atoms with van der Waals surface area (Å²) in [5, 5.41) is 1.09. The first kappa shape index (κ1) is 29.2. The number of rotatable bonds is 7. The van der Waals surface area contributed by atoms with E-state index in [0.717, 1.165) is 28.8 Å². The molecule has 216 valence electrons. The van der Waals surface area contributed by atoms with Gasteiger partial charge in [-0.2, -0.15) is 4.98 Å². The molecule has 0 unspecified atom stereocenters. The summed E-state index contributed by atoms with van der Waals surface area (Å²) in [4.78, 5) is 44.9. The first-order valence-corrected chi connectivity index (χ1v) is 14.6. The fraction of sp³-hybridized carbons (Fsp3) is 0.303. The zero-order valence-corrected chi connectivity index (χ0v) is 25.2. The van der Waals surface area contributed by atoms with Crippen LogP contribution in [0.4, 0.5) is 5.82 Å². The highest BCUT2D eigenvalue weighted by molar-refractivity contribution is 6.34. The lowest BCUT2D eigenvalue weighted by Gasteiger charge is -2.42. The summed E-state index contributed by atoms with van der Waals surface area (Å²) >= 11 is 6.98. The minimum Gasteiger partial charge on any atom is -0.349 e. The monoisotopic (exact) mass is 582 g/mol. The minimum atomic E-state index is -0.451. The Balaban J connectivity index is 1.83. The molecule has 0 N–H and O–H groups in total. The molecule has 0 saturated carbocycles. The molecule has 0 radical (unpaired) electrons.